The van der Waals surface area contributed by atoms with E-state index in [4.69, 9.17) is 14.5 Å². The van der Waals surface area contributed by atoms with Crippen LogP contribution in [0.2, 0.25) is 0 Å². The van der Waals surface area contributed by atoms with Crippen LogP contribution < -0.4 is 15.0 Å². The van der Waals surface area contributed by atoms with Gasteiger partial charge in [-0.15, -0.1) is 0 Å². The molecular weight excluding hydrogens is 432 g/mol. The number of carbonyl (C=O) groups is 1. The van der Waals surface area contributed by atoms with Crippen LogP contribution in [0.1, 0.15) is 55.4 Å². The van der Waals surface area contributed by atoms with Crippen molar-refractivity contribution in [2.45, 2.75) is 51.2 Å². The Kier molecular flexibility index (Phi) is 6.89. The summed E-state index contributed by atoms with van der Waals surface area (Å²) in [5.74, 6) is 1.27. The number of hydrogen-bond acceptors (Lipinski definition) is 7. The van der Waals surface area contributed by atoms with Gasteiger partial charge in [0.05, 0.1) is 36.0 Å². The second-order valence-corrected chi connectivity index (χ2v) is 8.99. The largest absolute Gasteiger partial charge is 0.474 e. The highest BCUT2D eigenvalue weighted by Gasteiger charge is 2.25. The Labute approximate surface area is 199 Å². The second kappa shape index (κ2) is 10.4. The van der Waals surface area contributed by atoms with Crippen molar-refractivity contribution in [2.24, 2.45) is 0 Å². The zero-order chi connectivity index (χ0) is 23.3. The van der Waals surface area contributed by atoms with Crippen molar-refractivity contribution in [3.05, 3.63) is 42.6 Å². The lowest BCUT2D eigenvalue weighted by atomic mass is 9.93. The highest BCUT2D eigenvalue weighted by molar-refractivity contribution is 5.98. The van der Waals surface area contributed by atoms with Crippen LogP contribution in [0.15, 0.2) is 37.1 Å². The smallest absolute Gasteiger partial charge is 0.252 e. The van der Waals surface area contributed by atoms with Crippen LogP contribution in [0.5, 0.6) is 5.88 Å². The summed E-state index contributed by atoms with van der Waals surface area (Å²) in [4.78, 5) is 28.5. The molecule has 1 aliphatic heterocycles. The van der Waals surface area contributed by atoms with Crippen molar-refractivity contribution in [1.82, 2.24) is 24.8 Å². The number of fused-ring (bicyclic) bond motifs is 1. The van der Waals surface area contributed by atoms with Crippen LogP contribution in [-0.2, 0) is 4.74 Å². The minimum absolute atomic E-state index is 0.0768. The lowest BCUT2D eigenvalue weighted by molar-refractivity contribution is 0.0953. The van der Waals surface area contributed by atoms with Crippen LogP contribution in [0.3, 0.4) is 0 Å². The molecule has 4 heterocycles. The molecule has 0 unspecified atom stereocenters. The third-order valence-corrected chi connectivity index (χ3v) is 6.63. The van der Waals surface area contributed by atoms with E-state index in [2.05, 4.69) is 24.8 Å². The molecule has 3 aromatic rings. The Bertz CT molecular complexity index is 1110. The maximum atomic E-state index is 12.6. The molecule has 2 aliphatic rings. The number of carbonyl (C=O) groups excluding carboxylic acids is 1. The van der Waals surface area contributed by atoms with Gasteiger partial charge in [-0.2, -0.15) is 4.98 Å². The number of nitrogens with one attached hydrogen (secondary N) is 1. The van der Waals surface area contributed by atoms with Gasteiger partial charge in [0.15, 0.2) is 0 Å². The minimum Gasteiger partial charge on any atom is -0.474 e. The van der Waals surface area contributed by atoms with Gasteiger partial charge >= 0.3 is 0 Å². The monoisotopic (exact) mass is 464 g/mol. The summed E-state index contributed by atoms with van der Waals surface area (Å²) in [6.45, 7) is 5.59. The molecular formula is C25H32N6O3. The van der Waals surface area contributed by atoms with E-state index in [0.29, 0.717) is 37.2 Å². The molecule has 5 rings (SSSR count). The van der Waals surface area contributed by atoms with Gasteiger partial charge in [0.25, 0.3) is 5.91 Å². The number of morpholine rings is 1. The number of rotatable bonds is 7. The Morgan fingerprint density at radius 2 is 2.03 bits per heavy atom. The number of nitrogens with zero attached hydrogens (tertiary/aromatic N) is 5. The Morgan fingerprint density at radius 3 is 2.76 bits per heavy atom. The number of amides is 1. The molecule has 9 nitrogen and oxygen atoms in total. The molecule has 1 aliphatic carbocycles. The van der Waals surface area contributed by atoms with E-state index >= 15 is 0 Å². The fourth-order valence-corrected chi connectivity index (χ4v) is 4.69. The van der Waals surface area contributed by atoms with Gasteiger partial charge in [0.1, 0.15) is 11.9 Å². The van der Waals surface area contributed by atoms with Crippen molar-refractivity contribution < 1.29 is 14.3 Å². The minimum atomic E-state index is -0.125. The second-order valence-electron chi connectivity index (χ2n) is 8.99. The first-order valence-corrected chi connectivity index (χ1v) is 12.3. The summed E-state index contributed by atoms with van der Waals surface area (Å²) in [6, 6.07) is 4.30. The zero-order valence-corrected chi connectivity index (χ0v) is 19.7. The SMILES string of the molecule is CCCNC(=O)c1cnc2cc(N3CCOCC3)nc(OC3CCC(n4ccnc4)CC3)c2c1. The molecule has 0 aromatic carbocycles. The van der Waals surface area contributed by atoms with Gasteiger partial charge < -0.3 is 24.3 Å². The van der Waals surface area contributed by atoms with Gasteiger partial charge in [0.2, 0.25) is 5.88 Å². The topological polar surface area (TPSA) is 94.4 Å². The van der Waals surface area contributed by atoms with Gasteiger partial charge in [0, 0.05) is 50.3 Å². The van der Waals surface area contributed by atoms with Crippen molar-refractivity contribution in [1.29, 1.82) is 0 Å². The molecule has 9 heteroatoms. The van der Waals surface area contributed by atoms with E-state index in [-0.39, 0.29) is 12.0 Å². The van der Waals surface area contributed by atoms with Crippen molar-refractivity contribution in [2.75, 3.05) is 37.7 Å². The lowest BCUT2D eigenvalue weighted by Crippen LogP contribution is -2.36. The fourth-order valence-electron chi connectivity index (χ4n) is 4.69. The van der Waals surface area contributed by atoms with E-state index in [1.807, 2.05) is 37.8 Å². The van der Waals surface area contributed by atoms with Gasteiger partial charge in [-0.1, -0.05) is 6.92 Å². The first kappa shape index (κ1) is 22.6. The highest BCUT2D eigenvalue weighted by atomic mass is 16.5. The molecule has 1 saturated heterocycles. The van der Waals surface area contributed by atoms with Gasteiger partial charge in [-0.3, -0.25) is 9.78 Å². The number of imidazole rings is 1. The Morgan fingerprint density at radius 1 is 1.21 bits per heavy atom. The number of ether oxygens (including phenoxy) is 2. The molecule has 34 heavy (non-hydrogen) atoms. The van der Waals surface area contributed by atoms with E-state index in [1.165, 1.54) is 0 Å². The summed E-state index contributed by atoms with van der Waals surface area (Å²) in [6.07, 6.45) is 12.3. The molecule has 3 aromatic heterocycles. The average molecular weight is 465 g/mol. The van der Waals surface area contributed by atoms with Gasteiger partial charge in [-0.25, -0.2) is 4.98 Å². The Hall–Kier alpha value is -3.20. The molecule has 1 amide bonds. The first-order valence-electron chi connectivity index (χ1n) is 12.3. The standard InChI is InChI=1S/C25H32N6O3/c1-2-7-27-24(32)18-14-21-22(28-16-18)15-23(30-10-12-33-13-11-30)29-25(21)34-20-5-3-19(4-6-20)31-9-8-26-17-31/h8-9,14-17,19-20H,2-7,10-13H2,1H3,(H,27,32). The van der Waals surface area contributed by atoms with Crippen molar-refractivity contribution in [3.63, 3.8) is 0 Å². The highest BCUT2D eigenvalue weighted by Crippen LogP contribution is 2.34. The quantitative estimate of drug-likeness (QED) is 0.573. The number of aromatic nitrogens is 4. The molecule has 1 saturated carbocycles. The maximum Gasteiger partial charge on any atom is 0.252 e. The van der Waals surface area contributed by atoms with Crippen LogP contribution in [0.4, 0.5) is 5.82 Å². The third kappa shape index (κ3) is 4.99. The van der Waals surface area contributed by atoms with Crippen molar-refractivity contribution >= 4 is 22.6 Å². The molecule has 0 atom stereocenters. The van der Waals surface area contributed by atoms with E-state index in [0.717, 1.165) is 61.9 Å². The summed E-state index contributed by atoms with van der Waals surface area (Å²) in [5.41, 5.74) is 1.31. The normalized spacial score (nSPS) is 20.9. The summed E-state index contributed by atoms with van der Waals surface area (Å²) in [5, 5.41) is 3.70. The van der Waals surface area contributed by atoms with Gasteiger partial charge in [-0.05, 0) is 38.2 Å². The summed E-state index contributed by atoms with van der Waals surface area (Å²) in [7, 11) is 0. The molecule has 0 radical (unpaired) electrons. The number of hydrogen-bond donors (Lipinski definition) is 1. The van der Waals surface area contributed by atoms with E-state index < -0.39 is 0 Å². The molecule has 2 fully saturated rings. The van der Waals surface area contributed by atoms with Crippen LogP contribution >= 0.6 is 0 Å². The fraction of sp³-hybridized carbons (Fsp3) is 0.520. The predicted octanol–water partition coefficient (Wildman–Crippen LogP) is 3.37. The lowest BCUT2D eigenvalue weighted by Gasteiger charge is -2.31. The number of pyridine rings is 2. The molecule has 0 bridgehead atoms. The molecule has 180 valence electrons. The predicted molar refractivity (Wildman–Crippen MR) is 129 cm³/mol. The number of anilines is 1. The molecule has 1 N–H and O–H groups in total. The average Bonchev–Trinajstić information content (AvgIpc) is 3.43. The van der Waals surface area contributed by atoms with Crippen LogP contribution in [-0.4, -0.2) is 64.4 Å². The van der Waals surface area contributed by atoms with Crippen LogP contribution in [0, 0.1) is 0 Å². The summed E-state index contributed by atoms with van der Waals surface area (Å²) >= 11 is 0. The first-order chi connectivity index (χ1) is 16.7. The van der Waals surface area contributed by atoms with Crippen LogP contribution in [0.25, 0.3) is 10.9 Å². The summed E-state index contributed by atoms with van der Waals surface area (Å²) < 4.78 is 14.2. The van der Waals surface area contributed by atoms with E-state index in [9.17, 15) is 4.79 Å². The van der Waals surface area contributed by atoms with E-state index in [1.54, 1.807) is 6.20 Å². The maximum absolute atomic E-state index is 12.6. The third-order valence-electron chi connectivity index (χ3n) is 6.63. The Balaban J connectivity index is 1.41. The zero-order valence-electron chi connectivity index (χ0n) is 19.7. The molecule has 0 spiro atoms. The van der Waals surface area contributed by atoms with Crippen molar-refractivity contribution in [3.8, 4) is 5.88 Å².